The second kappa shape index (κ2) is 35.5. The molecule has 10 heteroatoms. The van der Waals surface area contributed by atoms with Crippen molar-refractivity contribution in [1.29, 1.82) is 0 Å². The molecule has 1 N–H and O–H groups in total. The molecule has 0 saturated carbocycles. The minimum absolute atomic E-state index is 0.0341. The fraction of sp³-hybridized carbons (Fsp3) is 0.905. The number of allylic oxidation sites excluding steroid dienone is 2. The van der Waals surface area contributed by atoms with Crippen LogP contribution in [-0.4, -0.2) is 74.9 Å². The van der Waals surface area contributed by atoms with Crippen molar-refractivity contribution >= 4 is 19.8 Å². The summed E-state index contributed by atoms with van der Waals surface area (Å²) in [5.41, 5.74) is 0. The summed E-state index contributed by atoms with van der Waals surface area (Å²) >= 11 is 0. The maximum absolute atomic E-state index is 12.7. The molecule has 0 fully saturated rings. The molecule has 0 saturated heterocycles. The van der Waals surface area contributed by atoms with Crippen LogP contribution >= 0.6 is 7.82 Å². The van der Waals surface area contributed by atoms with Gasteiger partial charge in [-0.25, -0.2) is 4.57 Å². The minimum Gasteiger partial charge on any atom is -0.462 e. The van der Waals surface area contributed by atoms with E-state index in [1.165, 1.54) is 122 Å². The van der Waals surface area contributed by atoms with E-state index in [4.69, 9.17) is 18.5 Å². The zero-order chi connectivity index (χ0) is 38.6. The Morgan fingerprint density at radius 2 is 0.981 bits per heavy atom. The van der Waals surface area contributed by atoms with E-state index in [1.54, 1.807) is 0 Å². The van der Waals surface area contributed by atoms with E-state index in [0.717, 1.165) is 38.5 Å². The van der Waals surface area contributed by atoms with E-state index in [1.807, 2.05) is 21.1 Å². The molecule has 0 rings (SSSR count). The monoisotopic (exact) mass is 761 g/mol. The van der Waals surface area contributed by atoms with Gasteiger partial charge in [0.15, 0.2) is 6.10 Å². The van der Waals surface area contributed by atoms with Gasteiger partial charge in [0.05, 0.1) is 27.7 Å². The van der Waals surface area contributed by atoms with Gasteiger partial charge >= 0.3 is 19.8 Å². The second-order valence-corrected chi connectivity index (χ2v) is 17.2. The molecular weight excluding hydrogens is 677 g/mol. The molecule has 0 radical (unpaired) electrons. The Morgan fingerprint density at radius 3 is 1.46 bits per heavy atom. The van der Waals surface area contributed by atoms with Gasteiger partial charge in [0.25, 0.3) is 0 Å². The first-order chi connectivity index (χ1) is 25.0. The molecule has 0 aromatic carbocycles. The first-order valence-corrected chi connectivity index (χ1v) is 22.9. The number of phosphoric acid groups is 1. The summed E-state index contributed by atoms with van der Waals surface area (Å²) < 4.78 is 34.3. The van der Waals surface area contributed by atoms with Crippen LogP contribution in [0.5, 0.6) is 0 Å². The van der Waals surface area contributed by atoms with Crippen LogP contribution in [0, 0.1) is 0 Å². The quantitative estimate of drug-likeness (QED) is 0.0217. The molecule has 0 aliphatic heterocycles. The first kappa shape index (κ1) is 50.8. The smallest absolute Gasteiger partial charge is 0.462 e. The van der Waals surface area contributed by atoms with E-state index in [-0.39, 0.29) is 25.6 Å². The van der Waals surface area contributed by atoms with Crippen molar-refractivity contribution in [2.75, 3.05) is 47.5 Å². The third kappa shape index (κ3) is 38.5. The molecule has 308 valence electrons. The van der Waals surface area contributed by atoms with Gasteiger partial charge in [-0.3, -0.25) is 18.6 Å². The van der Waals surface area contributed by atoms with E-state index in [9.17, 15) is 19.0 Å². The zero-order valence-electron chi connectivity index (χ0n) is 34.6. The van der Waals surface area contributed by atoms with Crippen molar-refractivity contribution in [3.8, 4) is 0 Å². The number of hydrogen-bond donors (Lipinski definition) is 1. The minimum atomic E-state index is -4.37. The average Bonchev–Trinajstić information content (AvgIpc) is 3.09. The predicted octanol–water partition coefficient (Wildman–Crippen LogP) is 11.8. The van der Waals surface area contributed by atoms with Gasteiger partial charge in [-0.1, -0.05) is 154 Å². The van der Waals surface area contributed by atoms with Crippen LogP contribution in [0.4, 0.5) is 0 Å². The number of carbonyl (C=O) groups excluding carboxylic acids is 2. The van der Waals surface area contributed by atoms with Gasteiger partial charge in [-0.2, -0.15) is 0 Å². The Kier molecular flexibility index (Phi) is 34.6. The van der Waals surface area contributed by atoms with Crippen LogP contribution < -0.4 is 0 Å². The Balaban J connectivity index is 4.36. The lowest BCUT2D eigenvalue weighted by Crippen LogP contribution is -2.37. The Labute approximate surface area is 320 Å². The molecule has 0 aromatic heterocycles. The molecule has 9 nitrogen and oxygen atoms in total. The maximum Gasteiger partial charge on any atom is 0.472 e. The van der Waals surface area contributed by atoms with Crippen LogP contribution in [0.3, 0.4) is 0 Å². The molecule has 52 heavy (non-hydrogen) atoms. The predicted molar refractivity (Wildman–Crippen MR) is 215 cm³/mol. The highest BCUT2D eigenvalue weighted by Crippen LogP contribution is 2.43. The summed E-state index contributed by atoms with van der Waals surface area (Å²) in [5.74, 6) is -0.794. The topological polar surface area (TPSA) is 108 Å². The normalized spacial score (nSPS) is 13.7. The van der Waals surface area contributed by atoms with Crippen molar-refractivity contribution in [3.05, 3.63) is 12.2 Å². The Morgan fingerprint density at radius 1 is 0.577 bits per heavy atom. The summed E-state index contributed by atoms with van der Waals surface area (Å²) in [6.07, 6.45) is 35.3. The number of rotatable bonds is 39. The molecule has 0 spiro atoms. The van der Waals surface area contributed by atoms with Crippen molar-refractivity contribution < 1.29 is 42.1 Å². The van der Waals surface area contributed by atoms with Gasteiger partial charge in [0.2, 0.25) is 0 Å². The molecule has 0 amide bonds. The number of unbranched alkanes of at least 4 members (excludes halogenated alkanes) is 23. The van der Waals surface area contributed by atoms with Gasteiger partial charge in [-0.05, 0) is 38.5 Å². The fourth-order valence-corrected chi connectivity index (χ4v) is 6.63. The number of nitrogens with zero attached hydrogens (tertiary/aromatic N) is 1. The van der Waals surface area contributed by atoms with Crippen molar-refractivity contribution in [2.45, 2.75) is 200 Å². The van der Waals surface area contributed by atoms with Crippen LogP contribution in [0.25, 0.3) is 0 Å². The van der Waals surface area contributed by atoms with Gasteiger partial charge in [-0.15, -0.1) is 0 Å². The van der Waals surface area contributed by atoms with Crippen molar-refractivity contribution in [2.24, 2.45) is 0 Å². The first-order valence-electron chi connectivity index (χ1n) is 21.4. The van der Waals surface area contributed by atoms with Crippen LogP contribution in [0.1, 0.15) is 194 Å². The average molecular weight is 761 g/mol. The van der Waals surface area contributed by atoms with Gasteiger partial charge < -0.3 is 18.9 Å². The SMILES string of the molecule is CCCCC/C=C\CCCCCCCCCCC(=O)O[C@H](COC(=O)CCCCCCCCCCCCCCC)COP(=O)(O)OCC[N+](C)(C)C. The summed E-state index contributed by atoms with van der Waals surface area (Å²) in [7, 11) is 1.48. The molecule has 0 heterocycles. The molecule has 2 atom stereocenters. The van der Waals surface area contributed by atoms with E-state index >= 15 is 0 Å². The standard InChI is InChI=1S/C42H82NO8P/c1-6-8-10-12-14-16-18-20-21-23-25-27-29-31-33-35-42(45)51-40(39-50-52(46,47)49-37-36-43(3,4)5)38-48-41(44)34-32-30-28-26-24-22-19-17-15-13-11-9-7-2/h14,16,40H,6-13,15,17-39H2,1-5H3/p+1/b16-14-/t40-/m1/s1. The van der Waals surface area contributed by atoms with Crippen LogP contribution in [0.15, 0.2) is 12.2 Å². The highest BCUT2D eigenvalue weighted by atomic mass is 31.2. The fourth-order valence-electron chi connectivity index (χ4n) is 5.89. The van der Waals surface area contributed by atoms with Crippen LogP contribution in [0.2, 0.25) is 0 Å². The Bertz CT molecular complexity index is 907. The molecule has 0 aliphatic carbocycles. The maximum atomic E-state index is 12.7. The highest BCUT2D eigenvalue weighted by molar-refractivity contribution is 7.47. The summed E-state index contributed by atoms with van der Waals surface area (Å²) in [6, 6.07) is 0. The van der Waals surface area contributed by atoms with Crippen LogP contribution in [-0.2, 0) is 32.7 Å². The second-order valence-electron chi connectivity index (χ2n) is 15.7. The summed E-state index contributed by atoms with van der Waals surface area (Å²) in [5, 5.41) is 0. The molecule has 0 aliphatic rings. The molecule has 1 unspecified atom stereocenters. The number of phosphoric ester groups is 1. The van der Waals surface area contributed by atoms with Crippen molar-refractivity contribution in [1.82, 2.24) is 0 Å². The molecule has 0 aromatic rings. The lowest BCUT2D eigenvalue weighted by atomic mass is 10.0. The number of hydrogen-bond acceptors (Lipinski definition) is 7. The summed E-state index contributed by atoms with van der Waals surface area (Å²) in [4.78, 5) is 35.3. The zero-order valence-corrected chi connectivity index (χ0v) is 35.5. The van der Waals surface area contributed by atoms with Gasteiger partial charge in [0.1, 0.15) is 19.8 Å². The number of quaternary nitrogens is 1. The Hall–Kier alpha value is -1.25. The summed E-state index contributed by atoms with van der Waals surface area (Å²) in [6.45, 7) is 4.41. The third-order valence-electron chi connectivity index (χ3n) is 9.30. The largest absolute Gasteiger partial charge is 0.472 e. The number of esters is 2. The third-order valence-corrected chi connectivity index (χ3v) is 10.3. The molecular formula is C42H83NO8P+. The van der Waals surface area contributed by atoms with Crippen molar-refractivity contribution in [3.63, 3.8) is 0 Å². The molecule has 0 bridgehead atoms. The van der Waals surface area contributed by atoms with E-state index in [0.29, 0.717) is 23.9 Å². The number of carbonyl (C=O) groups is 2. The van der Waals surface area contributed by atoms with E-state index in [2.05, 4.69) is 26.0 Å². The van der Waals surface area contributed by atoms with E-state index < -0.39 is 26.5 Å². The van der Waals surface area contributed by atoms with Gasteiger partial charge in [0, 0.05) is 12.8 Å². The lowest BCUT2D eigenvalue weighted by Gasteiger charge is -2.24. The highest BCUT2D eigenvalue weighted by Gasteiger charge is 2.27. The lowest BCUT2D eigenvalue weighted by molar-refractivity contribution is -0.870. The number of likely N-dealkylation sites (N-methyl/N-ethyl adjacent to an activating group) is 1. The number of ether oxygens (including phenoxy) is 2.